The number of aryl methyl sites for hydroxylation is 1. The number of anilines is 1. The molecule has 2 aliphatic carbocycles. The molecule has 1 spiro atoms. The molecule has 7 rings (SSSR count). The van der Waals surface area contributed by atoms with Crippen LogP contribution in [0.15, 0.2) is 36.4 Å². The zero-order valence-corrected chi connectivity index (χ0v) is 30.8. The molecule has 5 aliphatic rings. The minimum atomic E-state index is -2.85. The Balaban J connectivity index is 1.26. The summed E-state index contributed by atoms with van der Waals surface area (Å²) in [5, 5.41) is 0.570. The van der Waals surface area contributed by atoms with Crippen LogP contribution < -0.4 is 14.4 Å². The number of amides is 1. The van der Waals surface area contributed by atoms with E-state index in [9.17, 15) is 9.00 Å². The van der Waals surface area contributed by atoms with E-state index in [2.05, 4.69) is 51.4 Å². The number of likely N-dealkylation sites (N-methyl/N-ethyl adjacent to an activating group) is 1. The molecule has 2 aromatic rings. The van der Waals surface area contributed by atoms with Gasteiger partial charge in [-0.1, -0.05) is 31.0 Å². The van der Waals surface area contributed by atoms with Crippen LogP contribution in [0.2, 0.25) is 5.02 Å². The highest BCUT2D eigenvalue weighted by Crippen LogP contribution is 2.48. The Morgan fingerprint density at radius 1 is 1.04 bits per heavy atom. The molecule has 48 heavy (non-hydrogen) atoms. The Hall–Kier alpha value is -2.26. The van der Waals surface area contributed by atoms with Gasteiger partial charge in [0.2, 0.25) is 0 Å². The molecule has 1 N–H and O–H groups in total. The first kappa shape index (κ1) is 34.2. The van der Waals surface area contributed by atoms with Gasteiger partial charge in [-0.05, 0) is 130 Å². The molecule has 7 atom stereocenters. The van der Waals surface area contributed by atoms with Gasteiger partial charge < -0.3 is 19.4 Å². The van der Waals surface area contributed by atoms with Crippen LogP contribution in [0.1, 0.15) is 80.3 Å². The first-order valence-corrected chi connectivity index (χ1v) is 20.6. The van der Waals surface area contributed by atoms with Crippen LogP contribution in [0.5, 0.6) is 5.75 Å². The third kappa shape index (κ3) is 6.88. The van der Waals surface area contributed by atoms with Gasteiger partial charge in [0.15, 0.2) is 0 Å². The zero-order valence-electron chi connectivity index (χ0n) is 29.2. The molecule has 2 fully saturated rings. The van der Waals surface area contributed by atoms with Crippen molar-refractivity contribution in [2.75, 3.05) is 64.4 Å². The lowest BCUT2D eigenvalue weighted by Crippen LogP contribution is -2.51. The molecule has 1 unspecified atom stereocenters. The summed E-state index contributed by atoms with van der Waals surface area (Å²) >= 11 is 6.50. The fraction of sp³-hybridized carbons (Fsp3) is 0.641. The molecule has 1 saturated heterocycles. The fourth-order valence-electron chi connectivity index (χ4n) is 9.40. The lowest BCUT2D eigenvalue weighted by Gasteiger charge is -2.48. The third-order valence-electron chi connectivity index (χ3n) is 12.8. The normalized spacial score (nSPS) is 35.0. The molecule has 3 heterocycles. The molecule has 7 nitrogen and oxygen atoms in total. The van der Waals surface area contributed by atoms with E-state index >= 15 is 0 Å². The van der Waals surface area contributed by atoms with E-state index in [1.807, 2.05) is 31.2 Å². The quantitative estimate of drug-likeness (QED) is 0.374. The van der Waals surface area contributed by atoms with E-state index < -0.39 is 9.71 Å². The van der Waals surface area contributed by atoms with Crippen molar-refractivity contribution in [1.29, 1.82) is 0 Å². The van der Waals surface area contributed by atoms with Crippen LogP contribution in [0, 0.1) is 23.7 Å². The van der Waals surface area contributed by atoms with Gasteiger partial charge in [-0.25, -0.2) is 4.21 Å². The van der Waals surface area contributed by atoms with Crippen molar-refractivity contribution >= 4 is 38.8 Å². The van der Waals surface area contributed by atoms with Crippen molar-refractivity contribution in [2.24, 2.45) is 23.7 Å². The van der Waals surface area contributed by atoms with Crippen LogP contribution in [-0.4, -0.2) is 90.5 Å². The molecule has 0 aromatic heterocycles. The van der Waals surface area contributed by atoms with E-state index in [1.54, 1.807) is 0 Å². The maximum Gasteiger partial charge on any atom is 0.262 e. The molecule has 1 amide bonds. The Bertz CT molecular complexity index is 1610. The largest absolute Gasteiger partial charge is 0.490 e. The number of piperazine rings is 1. The number of benzene rings is 2. The zero-order chi connectivity index (χ0) is 33.6. The summed E-state index contributed by atoms with van der Waals surface area (Å²) < 4.78 is 23.5. The highest BCUT2D eigenvalue weighted by Gasteiger charge is 2.45. The number of hydrogen-bond donors (Lipinski definition) is 1. The second kappa shape index (κ2) is 13.8. The number of fused-ring (bicyclic) bond motifs is 4. The predicted molar refractivity (Wildman–Crippen MR) is 199 cm³/mol. The predicted octanol–water partition coefficient (Wildman–Crippen LogP) is 6.27. The Labute approximate surface area is 293 Å². The Morgan fingerprint density at radius 3 is 2.62 bits per heavy atom. The third-order valence-corrected chi connectivity index (χ3v) is 15.3. The minimum Gasteiger partial charge on any atom is -0.490 e. The van der Waals surface area contributed by atoms with Gasteiger partial charge in [0.05, 0.1) is 22.0 Å². The SMILES string of the molecule is C=S1(=O)NC(=O)c2ccc3c(c2)N(C[C@@H]2CC[C@H]2[C@@H](CN2CCN(C)CC2)CCC[C@H](C)[C@H]1C)C[C@@]1(CCCc2cc(Cl)ccc21)CO3. The maximum absolute atomic E-state index is 13.9. The number of rotatable bonds is 2. The Morgan fingerprint density at radius 2 is 1.85 bits per heavy atom. The highest BCUT2D eigenvalue weighted by atomic mass is 35.5. The van der Waals surface area contributed by atoms with E-state index in [-0.39, 0.29) is 22.5 Å². The van der Waals surface area contributed by atoms with Crippen molar-refractivity contribution in [2.45, 2.75) is 75.9 Å². The van der Waals surface area contributed by atoms with Gasteiger partial charge in [-0.3, -0.25) is 9.52 Å². The lowest BCUT2D eigenvalue weighted by atomic mass is 9.65. The van der Waals surface area contributed by atoms with Crippen LogP contribution in [-0.2, 0) is 21.5 Å². The van der Waals surface area contributed by atoms with E-state index in [0.717, 1.165) is 87.8 Å². The van der Waals surface area contributed by atoms with Gasteiger partial charge in [-0.15, -0.1) is 0 Å². The number of carbonyl (C=O) groups is 1. The average Bonchev–Trinajstić information content (AvgIpc) is 3.19. The molecule has 9 heteroatoms. The van der Waals surface area contributed by atoms with Crippen LogP contribution in [0.25, 0.3) is 0 Å². The van der Waals surface area contributed by atoms with Gasteiger partial charge in [-0.2, -0.15) is 0 Å². The second-order valence-electron chi connectivity index (χ2n) is 15.9. The molecule has 3 aliphatic heterocycles. The van der Waals surface area contributed by atoms with E-state index in [4.69, 9.17) is 16.3 Å². The molecular weight excluding hydrogens is 640 g/mol. The number of nitrogens with zero attached hydrogens (tertiary/aromatic N) is 3. The van der Waals surface area contributed by atoms with Gasteiger partial charge in [0.25, 0.3) is 5.91 Å². The summed E-state index contributed by atoms with van der Waals surface area (Å²) in [4.78, 5) is 21.4. The number of carbonyl (C=O) groups excluding carboxylic acids is 1. The Kier molecular flexibility index (Phi) is 9.84. The van der Waals surface area contributed by atoms with E-state index in [1.165, 1.54) is 36.9 Å². The molecule has 1 saturated carbocycles. The van der Waals surface area contributed by atoms with Crippen molar-refractivity contribution in [3.8, 4) is 5.75 Å². The highest BCUT2D eigenvalue weighted by molar-refractivity contribution is 7.99. The number of halogens is 1. The molecular formula is C39H55ClN4O3S. The summed E-state index contributed by atoms with van der Waals surface area (Å²) in [6.07, 6.45) is 9.02. The number of ether oxygens (including phenoxy) is 1. The first-order chi connectivity index (χ1) is 23.0. The smallest absolute Gasteiger partial charge is 0.262 e. The summed E-state index contributed by atoms with van der Waals surface area (Å²) in [5.41, 5.74) is 4.02. The molecule has 2 aromatic carbocycles. The summed E-state index contributed by atoms with van der Waals surface area (Å²) in [7, 11) is -0.621. The maximum atomic E-state index is 13.9. The lowest BCUT2D eigenvalue weighted by molar-refractivity contribution is 0.0536. The van der Waals surface area contributed by atoms with E-state index in [0.29, 0.717) is 29.9 Å². The molecule has 2 bridgehead atoms. The number of nitrogens with one attached hydrogen (secondary N) is 1. The van der Waals surface area contributed by atoms with Crippen molar-refractivity contribution in [3.05, 3.63) is 58.1 Å². The monoisotopic (exact) mass is 694 g/mol. The summed E-state index contributed by atoms with van der Waals surface area (Å²) in [5.74, 6) is 6.70. The topological polar surface area (TPSA) is 65.1 Å². The minimum absolute atomic E-state index is 0.161. The molecule has 0 radical (unpaired) electrons. The van der Waals surface area contributed by atoms with Crippen LogP contribution in [0.4, 0.5) is 5.69 Å². The van der Waals surface area contributed by atoms with Crippen molar-refractivity contribution in [1.82, 2.24) is 14.5 Å². The van der Waals surface area contributed by atoms with Crippen molar-refractivity contribution in [3.63, 3.8) is 0 Å². The standard InChI is InChI=1S/C39H55ClN4O3S/c1-27-7-5-8-31(23-43-19-17-42(3)18-20-43)34-13-10-32(34)24-44-25-39(16-6-9-29-21-33(40)12-14-35(29)39)26-47-37-15-11-30(22-36(37)44)38(45)41-48(4,46)28(27)2/h11-12,14-15,21-22,27-28,31-32,34H,4-10,13,16-20,23-26H2,1-3H3,(H,41,45,46)/t27-,28+,31+,32-,34-,39-,48?/m0/s1. The second-order valence-corrected chi connectivity index (χ2v) is 18.8. The van der Waals surface area contributed by atoms with Crippen LogP contribution in [0.3, 0.4) is 0 Å². The van der Waals surface area contributed by atoms with Gasteiger partial charge in [0, 0.05) is 67.1 Å². The van der Waals surface area contributed by atoms with Crippen LogP contribution >= 0.6 is 11.6 Å². The fourth-order valence-corrected chi connectivity index (χ4v) is 11.1. The summed E-state index contributed by atoms with van der Waals surface area (Å²) in [6, 6.07) is 12.2. The van der Waals surface area contributed by atoms with Gasteiger partial charge >= 0.3 is 0 Å². The first-order valence-electron chi connectivity index (χ1n) is 18.4. The van der Waals surface area contributed by atoms with Gasteiger partial charge in [0.1, 0.15) is 5.75 Å². The number of hydrogen-bond acceptors (Lipinski definition) is 6. The molecule has 262 valence electrons. The average molecular weight is 695 g/mol. The van der Waals surface area contributed by atoms with Crippen molar-refractivity contribution < 1.29 is 13.7 Å². The summed E-state index contributed by atoms with van der Waals surface area (Å²) in [6.45, 7) is 12.3.